The SMILES string of the molecule is COC(C(=O)Nc1ccccc1C)[C@H](N)Cc1cccc(C)c1. The minimum atomic E-state index is -0.699. The minimum Gasteiger partial charge on any atom is -0.370 e. The standard InChI is InChI=1S/C19H24N2O2/c1-13-7-6-9-15(11-13)12-16(20)18(23-3)19(22)21-17-10-5-4-8-14(17)2/h4-11,16,18H,12,20H2,1-3H3,(H,21,22)/t16-,18?/m1/s1. The van der Waals surface area contributed by atoms with Crippen LogP contribution in [0.1, 0.15) is 16.7 Å². The lowest BCUT2D eigenvalue weighted by Gasteiger charge is -2.22. The number of anilines is 1. The quantitative estimate of drug-likeness (QED) is 0.862. The third-order valence-electron chi connectivity index (χ3n) is 3.86. The maximum atomic E-state index is 12.5. The molecule has 4 nitrogen and oxygen atoms in total. The van der Waals surface area contributed by atoms with Crippen LogP contribution in [-0.4, -0.2) is 25.2 Å². The van der Waals surface area contributed by atoms with Crippen molar-refractivity contribution in [2.45, 2.75) is 32.4 Å². The first kappa shape index (κ1) is 17.2. The van der Waals surface area contributed by atoms with Gasteiger partial charge in [0.2, 0.25) is 0 Å². The topological polar surface area (TPSA) is 64.3 Å². The Kier molecular flexibility index (Phi) is 5.90. The molecule has 2 aromatic rings. The number of nitrogens with two attached hydrogens (primary N) is 1. The number of para-hydroxylation sites is 1. The molecule has 0 aromatic heterocycles. The first-order valence-electron chi connectivity index (χ1n) is 7.71. The molecule has 0 bridgehead atoms. The van der Waals surface area contributed by atoms with Gasteiger partial charge in [0.15, 0.2) is 6.10 Å². The van der Waals surface area contributed by atoms with E-state index in [0.29, 0.717) is 6.42 Å². The van der Waals surface area contributed by atoms with Crippen molar-refractivity contribution >= 4 is 11.6 Å². The van der Waals surface area contributed by atoms with Crippen LogP contribution in [0.25, 0.3) is 0 Å². The summed E-state index contributed by atoms with van der Waals surface area (Å²) in [6.07, 6.45) is -0.114. The summed E-state index contributed by atoms with van der Waals surface area (Å²) in [5.74, 6) is -0.220. The van der Waals surface area contributed by atoms with E-state index in [1.54, 1.807) is 0 Å². The Hall–Kier alpha value is -2.17. The predicted molar refractivity (Wildman–Crippen MR) is 93.5 cm³/mol. The van der Waals surface area contributed by atoms with E-state index in [9.17, 15) is 4.79 Å². The lowest BCUT2D eigenvalue weighted by atomic mass is 10.00. The number of rotatable bonds is 6. The van der Waals surface area contributed by atoms with Gasteiger partial charge in [-0.3, -0.25) is 4.79 Å². The molecule has 1 unspecified atom stereocenters. The summed E-state index contributed by atoms with van der Waals surface area (Å²) in [6.45, 7) is 3.98. The number of carbonyl (C=O) groups excluding carboxylic acids is 1. The molecule has 122 valence electrons. The van der Waals surface area contributed by atoms with Gasteiger partial charge in [0, 0.05) is 18.8 Å². The molecule has 1 amide bonds. The van der Waals surface area contributed by atoms with Crippen LogP contribution >= 0.6 is 0 Å². The van der Waals surface area contributed by atoms with Crippen LogP contribution in [0.3, 0.4) is 0 Å². The highest BCUT2D eigenvalue weighted by Gasteiger charge is 2.26. The molecule has 0 aliphatic rings. The number of hydrogen-bond donors (Lipinski definition) is 2. The normalized spacial score (nSPS) is 13.4. The fourth-order valence-corrected chi connectivity index (χ4v) is 2.61. The van der Waals surface area contributed by atoms with Crippen LogP contribution < -0.4 is 11.1 Å². The molecular weight excluding hydrogens is 288 g/mol. The number of hydrogen-bond acceptors (Lipinski definition) is 3. The molecule has 2 rings (SSSR count). The number of ether oxygens (including phenoxy) is 1. The van der Waals surface area contributed by atoms with Gasteiger partial charge in [-0.05, 0) is 37.5 Å². The Bertz CT molecular complexity index is 670. The third kappa shape index (κ3) is 4.65. The number of aryl methyl sites for hydroxylation is 2. The molecule has 0 heterocycles. The monoisotopic (exact) mass is 312 g/mol. The summed E-state index contributed by atoms with van der Waals surface area (Å²) in [6, 6.07) is 15.3. The van der Waals surface area contributed by atoms with Crippen molar-refractivity contribution in [1.29, 1.82) is 0 Å². The molecule has 0 saturated carbocycles. The second kappa shape index (κ2) is 7.90. The number of methoxy groups -OCH3 is 1. The predicted octanol–water partition coefficient (Wildman–Crippen LogP) is 2.83. The molecule has 0 aliphatic heterocycles. The molecule has 2 aromatic carbocycles. The number of amides is 1. The van der Waals surface area contributed by atoms with Gasteiger partial charge in [-0.1, -0.05) is 48.0 Å². The van der Waals surface area contributed by atoms with Crippen molar-refractivity contribution in [1.82, 2.24) is 0 Å². The van der Waals surface area contributed by atoms with Crippen molar-refractivity contribution < 1.29 is 9.53 Å². The summed E-state index contributed by atoms with van der Waals surface area (Å²) < 4.78 is 5.35. The van der Waals surface area contributed by atoms with Gasteiger partial charge < -0.3 is 15.8 Å². The fraction of sp³-hybridized carbons (Fsp3) is 0.316. The molecule has 0 fully saturated rings. The van der Waals surface area contributed by atoms with E-state index in [1.807, 2.05) is 56.3 Å². The summed E-state index contributed by atoms with van der Waals surface area (Å²) in [7, 11) is 1.51. The van der Waals surface area contributed by atoms with Crippen molar-refractivity contribution in [3.63, 3.8) is 0 Å². The zero-order valence-electron chi connectivity index (χ0n) is 13.9. The Labute approximate surface area is 137 Å². The van der Waals surface area contributed by atoms with E-state index < -0.39 is 12.1 Å². The molecule has 23 heavy (non-hydrogen) atoms. The van der Waals surface area contributed by atoms with E-state index in [2.05, 4.69) is 11.4 Å². The van der Waals surface area contributed by atoms with E-state index in [-0.39, 0.29) is 5.91 Å². The Balaban J connectivity index is 2.06. The summed E-state index contributed by atoms with van der Waals surface area (Å²) >= 11 is 0. The second-order valence-electron chi connectivity index (χ2n) is 5.82. The lowest BCUT2D eigenvalue weighted by Crippen LogP contribution is -2.46. The zero-order chi connectivity index (χ0) is 16.8. The van der Waals surface area contributed by atoms with Gasteiger partial charge >= 0.3 is 0 Å². The van der Waals surface area contributed by atoms with Crippen molar-refractivity contribution in [3.8, 4) is 0 Å². The van der Waals surface area contributed by atoms with Gasteiger partial charge in [-0.25, -0.2) is 0 Å². The third-order valence-corrected chi connectivity index (χ3v) is 3.86. The molecule has 4 heteroatoms. The van der Waals surface area contributed by atoms with Crippen molar-refractivity contribution in [2.24, 2.45) is 5.73 Å². The summed E-state index contributed by atoms with van der Waals surface area (Å²) in [5, 5.41) is 2.90. The maximum Gasteiger partial charge on any atom is 0.255 e. The van der Waals surface area contributed by atoms with Crippen LogP contribution in [0.5, 0.6) is 0 Å². The molecule has 0 spiro atoms. The van der Waals surface area contributed by atoms with Crippen LogP contribution in [0, 0.1) is 13.8 Å². The minimum absolute atomic E-state index is 0.220. The average Bonchev–Trinajstić information content (AvgIpc) is 2.50. The summed E-state index contributed by atoms with van der Waals surface area (Å²) in [4.78, 5) is 12.5. The van der Waals surface area contributed by atoms with Gasteiger partial charge in [0.05, 0.1) is 0 Å². The van der Waals surface area contributed by atoms with Crippen molar-refractivity contribution in [3.05, 3.63) is 65.2 Å². The second-order valence-corrected chi connectivity index (χ2v) is 5.82. The van der Waals surface area contributed by atoms with Crippen molar-refractivity contribution in [2.75, 3.05) is 12.4 Å². The van der Waals surface area contributed by atoms with E-state index in [4.69, 9.17) is 10.5 Å². The van der Waals surface area contributed by atoms with E-state index in [1.165, 1.54) is 12.7 Å². The molecule has 3 N–H and O–H groups in total. The van der Waals surface area contributed by atoms with Gasteiger partial charge in [0.1, 0.15) is 0 Å². The molecule has 0 aliphatic carbocycles. The first-order chi connectivity index (χ1) is 11.0. The Morgan fingerprint density at radius 2 is 1.91 bits per heavy atom. The maximum absolute atomic E-state index is 12.5. The van der Waals surface area contributed by atoms with Crippen LogP contribution in [0.4, 0.5) is 5.69 Å². The number of carbonyl (C=O) groups is 1. The summed E-state index contributed by atoms with van der Waals surface area (Å²) in [5.41, 5.74) is 10.3. The largest absolute Gasteiger partial charge is 0.370 e. The Morgan fingerprint density at radius 3 is 2.57 bits per heavy atom. The van der Waals surface area contributed by atoms with Gasteiger partial charge in [0.25, 0.3) is 5.91 Å². The highest BCUT2D eigenvalue weighted by atomic mass is 16.5. The molecule has 0 saturated heterocycles. The number of benzene rings is 2. The highest BCUT2D eigenvalue weighted by Crippen LogP contribution is 2.15. The highest BCUT2D eigenvalue weighted by molar-refractivity contribution is 5.95. The molecule has 2 atom stereocenters. The Morgan fingerprint density at radius 1 is 1.17 bits per heavy atom. The zero-order valence-corrected chi connectivity index (χ0v) is 13.9. The van der Waals surface area contributed by atoms with Crippen LogP contribution in [0.15, 0.2) is 48.5 Å². The van der Waals surface area contributed by atoms with Crippen LogP contribution in [-0.2, 0) is 16.0 Å². The van der Waals surface area contributed by atoms with Gasteiger partial charge in [-0.15, -0.1) is 0 Å². The van der Waals surface area contributed by atoms with Crippen LogP contribution in [0.2, 0.25) is 0 Å². The average molecular weight is 312 g/mol. The van der Waals surface area contributed by atoms with E-state index in [0.717, 1.165) is 16.8 Å². The first-order valence-corrected chi connectivity index (χ1v) is 7.71. The molecular formula is C19H24N2O2. The van der Waals surface area contributed by atoms with Gasteiger partial charge in [-0.2, -0.15) is 0 Å². The smallest absolute Gasteiger partial charge is 0.255 e. The molecule has 0 radical (unpaired) electrons. The van der Waals surface area contributed by atoms with E-state index >= 15 is 0 Å². The number of nitrogens with one attached hydrogen (secondary N) is 1. The fourth-order valence-electron chi connectivity index (χ4n) is 2.61. The lowest BCUT2D eigenvalue weighted by molar-refractivity contribution is -0.126.